The topological polar surface area (TPSA) is 38.3 Å². The lowest BCUT2D eigenvalue weighted by Crippen LogP contribution is -2.31. The van der Waals surface area contributed by atoms with Crippen molar-refractivity contribution in [2.75, 3.05) is 13.2 Å². The van der Waals surface area contributed by atoms with Crippen molar-refractivity contribution in [2.45, 2.75) is 25.3 Å². The summed E-state index contributed by atoms with van der Waals surface area (Å²) in [7, 11) is 0. The van der Waals surface area contributed by atoms with Crippen LogP contribution in [-0.2, 0) is 4.79 Å². The maximum Gasteiger partial charge on any atom is 0.153 e. The third kappa shape index (κ3) is 3.82. The SMILES string of the molecule is O=C(CCOc1ccc(Br)cc1)C1CCCN1. The average molecular weight is 298 g/mol. The Kier molecular flexibility index (Phi) is 4.57. The molecule has 1 heterocycles. The van der Waals surface area contributed by atoms with Gasteiger partial charge in [-0.25, -0.2) is 0 Å². The first-order valence-corrected chi connectivity index (χ1v) is 6.69. The van der Waals surface area contributed by atoms with E-state index in [9.17, 15) is 4.79 Å². The molecule has 1 N–H and O–H groups in total. The largest absolute Gasteiger partial charge is 0.493 e. The second-order valence-corrected chi connectivity index (χ2v) is 5.08. The van der Waals surface area contributed by atoms with Crippen LogP contribution in [0.2, 0.25) is 0 Å². The van der Waals surface area contributed by atoms with Gasteiger partial charge in [0.25, 0.3) is 0 Å². The normalized spacial score (nSPS) is 19.2. The van der Waals surface area contributed by atoms with Crippen molar-refractivity contribution in [1.82, 2.24) is 5.32 Å². The number of Topliss-reactive ketones (excluding diaryl/α,β-unsaturated/α-hetero) is 1. The molecule has 1 aliphatic rings. The molecule has 1 atom stereocenters. The van der Waals surface area contributed by atoms with Gasteiger partial charge in [0, 0.05) is 10.9 Å². The fourth-order valence-corrected chi connectivity index (χ4v) is 2.20. The Morgan fingerprint density at radius 2 is 2.18 bits per heavy atom. The van der Waals surface area contributed by atoms with E-state index in [1.54, 1.807) is 0 Å². The average Bonchev–Trinajstić information content (AvgIpc) is 2.85. The van der Waals surface area contributed by atoms with Crippen molar-refractivity contribution in [3.05, 3.63) is 28.7 Å². The maximum atomic E-state index is 11.7. The first-order valence-electron chi connectivity index (χ1n) is 5.90. The highest BCUT2D eigenvalue weighted by Gasteiger charge is 2.21. The molecule has 0 spiro atoms. The van der Waals surface area contributed by atoms with Gasteiger partial charge in [-0.05, 0) is 43.7 Å². The molecule has 1 aliphatic heterocycles. The van der Waals surface area contributed by atoms with Crippen LogP contribution < -0.4 is 10.1 Å². The summed E-state index contributed by atoms with van der Waals surface area (Å²) < 4.78 is 6.55. The Balaban J connectivity index is 1.72. The monoisotopic (exact) mass is 297 g/mol. The zero-order valence-electron chi connectivity index (χ0n) is 9.62. The Morgan fingerprint density at radius 3 is 2.82 bits per heavy atom. The number of rotatable bonds is 5. The quantitative estimate of drug-likeness (QED) is 0.908. The Bertz CT molecular complexity index is 372. The molecule has 0 saturated carbocycles. The fourth-order valence-electron chi connectivity index (χ4n) is 1.93. The zero-order chi connectivity index (χ0) is 12.1. The van der Waals surface area contributed by atoms with Crippen molar-refractivity contribution in [2.24, 2.45) is 0 Å². The first-order chi connectivity index (χ1) is 8.25. The predicted octanol–water partition coefficient (Wildman–Crippen LogP) is 2.54. The summed E-state index contributed by atoms with van der Waals surface area (Å²) in [6, 6.07) is 7.69. The molecule has 0 bridgehead atoms. The number of hydrogen-bond donors (Lipinski definition) is 1. The van der Waals surface area contributed by atoms with Gasteiger partial charge in [-0.1, -0.05) is 15.9 Å². The summed E-state index contributed by atoms with van der Waals surface area (Å²) in [5.74, 6) is 1.07. The first kappa shape index (κ1) is 12.6. The number of halogens is 1. The summed E-state index contributed by atoms with van der Waals surface area (Å²) in [5, 5.41) is 3.20. The molecule has 0 aromatic heterocycles. The molecule has 1 aromatic rings. The summed E-state index contributed by atoms with van der Waals surface area (Å²) >= 11 is 3.36. The number of carbonyl (C=O) groups is 1. The number of hydrogen-bond acceptors (Lipinski definition) is 3. The van der Waals surface area contributed by atoms with Crippen LogP contribution in [0.5, 0.6) is 5.75 Å². The van der Waals surface area contributed by atoms with Gasteiger partial charge in [-0.2, -0.15) is 0 Å². The summed E-state index contributed by atoms with van der Waals surface area (Å²) in [5.41, 5.74) is 0. The third-order valence-electron chi connectivity index (χ3n) is 2.88. The molecule has 1 saturated heterocycles. The van der Waals surface area contributed by atoms with Crippen LogP contribution in [-0.4, -0.2) is 25.0 Å². The summed E-state index contributed by atoms with van der Waals surface area (Å²) in [6.45, 7) is 1.42. The molecule has 0 amide bonds. The van der Waals surface area contributed by atoms with Gasteiger partial charge < -0.3 is 10.1 Å². The zero-order valence-corrected chi connectivity index (χ0v) is 11.2. The van der Waals surface area contributed by atoms with Gasteiger partial charge in [0.15, 0.2) is 5.78 Å². The van der Waals surface area contributed by atoms with E-state index >= 15 is 0 Å². The van der Waals surface area contributed by atoms with E-state index in [4.69, 9.17) is 4.74 Å². The van der Waals surface area contributed by atoms with Crippen LogP contribution in [0.1, 0.15) is 19.3 Å². The van der Waals surface area contributed by atoms with E-state index in [1.807, 2.05) is 24.3 Å². The Morgan fingerprint density at radius 1 is 1.41 bits per heavy atom. The number of benzene rings is 1. The number of nitrogens with one attached hydrogen (secondary N) is 1. The molecule has 92 valence electrons. The molecule has 3 nitrogen and oxygen atoms in total. The third-order valence-corrected chi connectivity index (χ3v) is 3.41. The van der Waals surface area contributed by atoms with Crippen LogP contribution in [0.25, 0.3) is 0 Å². The van der Waals surface area contributed by atoms with Gasteiger partial charge in [-0.15, -0.1) is 0 Å². The molecule has 0 radical (unpaired) electrons. The molecular formula is C13H16BrNO2. The fraction of sp³-hybridized carbons (Fsp3) is 0.462. The summed E-state index contributed by atoms with van der Waals surface area (Å²) in [4.78, 5) is 11.7. The van der Waals surface area contributed by atoms with Gasteiger partial charge >= 0.3 is 0 Å². The smallest absolute Gasteiger partial charge is 0.153 e. The van der Waals surface area contributed by atoms with Gasteiger partial charge in [0.2, 0.25) is 0 Å². The predicted molar refractivity (Wildman–Crippen MR) is 70.3 cm³/mol. The molecule has 2 rings (SSSR count). The summed E-state index contributed by atoms with van der Waals surface area (Å²) in [6.07, 6.45) is 2.55. The van der Waals surface area contributed by atoms with Crippen molar-refractivity contribution in [3.8, 4) is 5.75 Å². The maximum absolute atomic E-state index is 11.7. The lowest BCUT2D eigenvalue weighted by atomic mass is 10.1. The second-order valence-electron chi connectivity index (χ2n) is 4.17. The standard InChI is InChI=1S/C13H16BrNO2/c14-10-3-5-11(6-4-10)17-9-7-13(16)12-2-1-8-15-12/h3-6,12,15H,1-2,7-9H2. The Hall–Kier alpha value is -0.870. The minimum atomic E-state index is 0.0588. The van der Waals surface area contributed by atoms with E-state index in [1.165, 1.54) is 0 Å². The van der Waals surface area contributed by atoms with Crippen LogP contribution in [0.4, 0.5) is 0 Å². The lowest BCUT2D eigenvalue weighted by molar-refractivity contribution is -0.121. The number of carbonyl (C=O) groups excluding carboxylic acids is 1. The Labute approximate surface area is 110 Å². The van der Waals surface area contributed by atoms with Crippen LogP contribution in [0.3, 0.4) is 0 Å². The highest BCUT2D eigenvalue weighted by Crippen LogP contribution is 2.16. The van der Waals surface area contributed by atoms with Crippen LogP contribution in [0.15, 0.2) is 28.7 Å². The molecule has 4 heteroatoms. The molecule has 0 aliphatic carbocycles. The van der Waals surface area contributed by atoms with Crippen molar-refractivity contribution in [1.29, 1.82) is 0 Å². The van der Waals surface area contributed by atoms with E-state index < -0.39 is 0 Å². The van der Waals surface area contributed by atoms with Gasteiger partial charge in [0.05, 0.1) is 12.6 Å². The van der Waals surface area contributed by atoms with E-state index in [0.29, 0.717) is 13.0 Å². The van der Waals surface area contributed by atoms with E-state index in [2.05, 4.69) is 21.2 Å². The van der Waals surface area contributed by atoms with Gasteiger partial charge in [-0.3, -0.25) is 4.79 Å². The van der Waals surface area contributed by atoms with Crippen molar-refractivity contribution < 1.29 is 9.53 Å². The van der Waals surface area contributed by atoms with E-state index in [-0.39, 0.29) is 11.8 Å². The van der Waals surface area contributed by atoms with Gasteiger partial charge in [0.1, 0.15) is 5.75 Å². The highest BCUT2D eigenvalue weighted by atomic mass is 79.9. The van der Waals surface area contributed by atoms with Crippen molar-refractivity contribution in [3.63, 3.8) is 0 Å². The highest BCUT2D eigenvalue weighted by molar-refractivity contribution is 9.10. The van der Waals surface area contributed by atoms with Crippen molar-refractivity contribution >= 4 is 21.7 Å². The second kappa shape index (κ2) is 6.17. The number of ether oxygens (including phenoxy) is 1. The molecular weight excluding hydrogens is 282 g/mol. The van der Waals surface area contributed by atoms with Crippen LogP contribution >= 0.6 is 15.9 Å². The van der Waals surface area contributed by atoms with Crippen LogP contribution in [0, 0.1) is 0 Å². The molecule has 1 aromatic carbocycles. The molecule has 1 unspecified atom stereocenters. The lowest BCUT2D eigenvalue weighted by Gasteiger charge is -2.09. The molecule has 1 fully saturated rings. The minimum absolute atomic E-state index is 0.0588. The number of ketones is 1. The minimum Gasteiger partial charge on any atom is -0.493 e. The van der Waals surface area contributed by atoms with E-state index in [0.717, 1.165) is 29.6 Å². The molecule has 17 heavy (non-hydrogen) atoms.